The van der Waals surface area contributed by atoms with Crippen LogP contribution in [0.2, 0.25) is 0 Å². The number of benzene rings is 1. The van der Waals surface area contributed by atoms with Gasteiger partial charge in [0.15, 0.2) is 0 Å². The van der Waals surface area contributed by atoms with Crippen LogP contribution in [0.3, 0.4) is 0 Å². The SMILES string of the molecule is COCC(C)(F)CN1[C@H](C)CC2C3CNNC3CCC2[C@H]1c1ccc(NC2CN(CCCF)C2)cc1OC. The van der Waals surface area contributed by atoms with E-state index in [1.54, 1.807) is 21.1 Å². The van der Waals surface area contributed by atoms with Crippen LogP contribution in [-0.4, -0.2) is 93.8 Å². The molecule has 0 spiro atoms. The molecule has 5 unspecified atom stereocenters. The predicted octanol–water partition coefficient (Wildman–Crippen LogP) is 3.78. The first kappa shape index (κ1) is 28.0. The van der Waals surface area contributed by atoms with Gasteiger partial charge in [-0.05, 0) is 63.4 Å². The van der Waals surface area contributed by atoms with E-state index in [9.17, 15) is 4.39 Å². The normalized spacial score (nSPS) is 33.7. The summed E-state index contributed by atoms with van der Waals surface area (Å²) in [5, 5.41) is 3.63. The van der Waals surface area contributed by atoms with Gasteiger partial charge in [0.2, 0.25) is 0 Å². The molecule has 4 fully saturated rings. The lowest BCUT2D eigenvalue weighted by Gasteiger charge is -2.55. The van der Waals surface area contributed by atoms with Crippen molar-refractivity contribution in [3.05, 3.63) is 23.8 Å². The third kappa shape index (κ3) is 5.82. The van der Waals surface area contributed by atoms with Crippen LogP contribution in [0.25, 0.3) is 0 Å². The monoisotopic (exact) mass is 535 g/mol. The highest BCUT2D eigenvalue weighted by molar-refractivity contribution is 5.54. The summed E-state index contributed by atoms with van der Waals surface area (Å²) in [4.78, 5) is 4.68. The van der Waals surface area contributed by atoms with Crippen molar-refractivity contribution in [1.82, 2.24) is 20.7 Å². The van der Waals surface area contributed by atoms with Gasteiger partial charge in [-0.2, -0.15) is 0 Å². The van der Waals surface area contributed by atoms with Gasteiger partial charge in [0.1, 0.15) is 11.4 Å². The highest BCUT2D eigenvalue weighted by atomic mass is 19.1. The van der Waals surface area contributed by atoms with E-state index in [2.05, 4.69) is 51.1 Å². The summed E-state index contributed by atoms with van der Waals surface area (Å²) in [6.45, 7) is 7.76. The Hall–Kier alpha value is -1.52. The smallest absolute Gasteiger partial charge is 0.144 e. The molecule has 3 saturated heterocycles. The summed E-state index contributed by atoms with van der Waals surface area (Å²) in [6.07, 6.45) is 3.92. The van der Waals surface area contributed by atoms with Crippen molar-refractivity contribution in [3.8, 4) is 5.75 Å². The predicted molar refractivity (Wildman–Crippen MR) is 147 cm³/mol. The van der Waals surface area contributed by atoms with Gasteiger partial charge in [-0.3, -0.25) is 25.0 Å². The van der Waals surface area contributed by atoms with E-state index in [0.717, 1.165) is 62.4 Å². The Labute approximate surface area is 226 Å². The van der Waals surface area contributed by atoms with Crippen molar-refractivity contribution in [1.29, 1.82) is 0 Å². The largest absolute Gasteiger partial charge is 0.496 e. The summed E-state index contributed by atoms with van der Waals surface area (Å²) in [6, 6.07) is 7.69. The number of rotatable bonds is 11. The van der Waals surface area contributed by atoms with E-state index in [1.165, 1.54) is 0 Å². The Morgan fingerprint density at radius 2 is 1.97 bits per heavy atom. The molecule has 1 saturated carbocycles. The second-order valence-electron chi connectivity index (χ2n) is 12.3. The third-order valence-electron chi connectivity index (χ3n) is 9.44. The summed E-state index contributed by atoms with van der Waals surface area (Å²) in [5.74, 6) is 2.48. The van der Waals surface area contributed by atoms with Crippen molar-refractivity contribution in [2.24, 2.45) is 17.8 Å². The van der Waals surface area contributed by atoms with Crippen LogP contribution >= 0.6 is 0 Å². The minimum atomic E-state index is -1.44. The number of alkyl halides is 2. The van der Waals surface area contributed by atoms with Gasteiger partial charge in [-0.15, -0.1) is 0 Å². The van der Waals surface area contributed by atoms with Crippen LogP contribution in [0.1, 0.15) is 51.1 Å². The minimum absolute atomic E-state index is 0.0826. The van der Waals surface area contributed by atoms with Crippen molar-refractivity contribution in [2.45, 2.75) is 69.4 Å². The number of hydrogen-bond donors (Lipinski definition) is 3. The molecule has 4 aliphatic rings. The lowest BCUT2D eigenvalue weighted by molar-refractivity contribution is -0.0721. The number of likely N-dealkylation sites (tertiary alicyclic amines) is 2. The highest BCUT2D eigenvalue weighted by Gasteiger charge is 2.52. The number of ether oxygens (including phenoxy) is 2. The van der Waals surface area contributed by atoms with Crippen LogP contribution in [0, 0.1) is 17.8 Å². The summed E-state index contributed by atoms with van der Waals surface area (Å²) in [7, 11) is 3.31. The van der Waals surface area contributed by atoms with Gasteiger partial charge >= 0.3 is 0 Å². The number of piperidine rings is 1. The maximum absolute atomic E-state index is 15.7. The number of halogens is 2. The Kier molecular flexibility index (Phi) is 8.79. The lowest BCUT2D eigenvalue weighted by atomic mass is 9.61. The molecule has 7 nitrogen and oxygen atoms in total. The van der Waals surface area contributed by atoms with Gasteiger partial charge in [-0.25, -0.2) is 4.39 Å². The molecule has 5 rings (SSSR count). The van der Waals surface area contributed by atoms with E-state index in [1.807, 2.05) is 0 Å². The first-order chi connectivity index (χ1) is 18.3. The topological polar surface area (TPSA) is 61.0 Å². The van der Waals surface area contributed by atoms with Crippen LogP contribution in [0.5, 0.6) is 5.75 Å². The number of hydrogen-bond acceptors (Lipinski definition) is 7. The summed E-state index contributed by atoms with van der Waals surface area (Å²) < 4.78 is 39.4. The van der Waals surface area contributed by atoms with Crippen LogP contribution in [-0.2, 0) is 4.74 Å². The van der Waals surface area contributed by atoms with E-state index < -0.39 is 5.67 Å². The van der Waals surface area contributed by atoms with Crippen molar-refractivity contribution < 1.29 is 18.3 Å². The van der Waals surface area contributed by atoms with E-state index in [-0.39, 0.29) is 25.4 Å². The lowest BCUT2D eigenvalue weighted by Crippen LogP contribution is -2.57. The van der Waals surface area contributed by atoms with Crippen molar-refractivity contribution in [2.75, 3.05) is 65.5 Å². The quantitative estimate of drug-likeness (QED) is 0.399. The van der Waals surface area contributed by atoms with Crippen molar-refractivity contribution >= 4 is 5.69 Å². The molecule has 3 aliphatic heterocycles. The maximum Gasteiger partial charge on any atom is 0.144 e. The van der Waals surface area contributed by atoms with E-state index in [4.69, 9.17) is 9.47 Å². The summed E-state index contributed by atoms with van der Waals surface area (Å²) >= 11 is 0. The molecule has 38 heavy (non-hydrogen) atoms. The van der Waals surface area contributed by atoms with E-state index >= 15 is 4.39 Å². The molecule has 7 atom stereocenters. The van der Waals surface area contributed by atoms with Gasteiger partial charge in [0.05, 0.1) is 26.4 Å². The first-order valence-electron chi connectivity index (χ1n) is 14.5. The number of nitrogens with zero attached hydrogens (tertiary/aromatic N) is 2. The molecule has 0 bridgehead atoms. The van der Waals surface area contributed by atoms with Crippen LogP contribution < -0.4 is 20.9 Å². The molecular weight excluding hydrogens is 488 g/mol. The van der Waals surface area contributed by atoms with Crippen molar-refractivity contribution in [3.63, 3.8) is 0 Å². The molecule has 0 radical (unpaired) electrons. The van der Waals surface area contributed by atoms with Gasteiger partial charge in [0, 0.05) is 75.3 Å². The Morgan fingerprint density at radius 1 is 1.16 bits per heavy atom. The number of nitrogens with one attached hydrogen (secondary N) is 3. The van der Waals surface area contributed by atoms with Crippen LogP contribution in [0.4, 0.5) is 14.5 Å². The molecular formula is C29H47F2N5O2. The molecule has 0 aromatic heterocycles. The maximum atomic E-state index is 15.7. The minimum Gasteiger partial charge on any atom is -0.496 e. The molecule has 3 heterocycles. The molecule has 214 valence electrons. The Morgan fingerprint density at radius 3 is 2.71 bits per heavy atom. The van der Waals surface area contributed by atoms with Gasteiger partial charge < -0.3 is 14.8 Å². The second kappa shape index (κ2) is 11.9. The molecule has 1 aromatic carbocycles. The molecule has 3 N–H and O–H groups in total. The fraction of sp³-hybridized carbons (Fsp3) is 0.793. The number of fused-ring (bicyclic) bond motifs is 3. The zero-order valence-corrected chi connectivity index (χ0v) is 23.5. The number of methoxy groups -OCH3 is 2. The molecule has 1 aromatic rings. The van der Waals surface area contributed by atoms with Gasteiger partial charge in [0.25, 0.3) is 0 Å². The van der Waals surface area contributed by atoms with E-state index in [0.29, 0.717) is 42.8 Å². The first-order valence-corrected chi connectivity index (χ1v) is 14.5. The molecule has 0 amide bonds. The second-order valence-corrected chi connectivity index (χ2v) is 12.3. The number of anilines is 1. The van der Waals surface area contributed by atoms with Gasteiger partial charge in [-0.1, -0.05) is 6.07 Å². The average Bonchev–Trinajstić information content (AvgIpc) is 3.35. The number of hydrazine groups is 1. The fourth-order valence-corrected chi connectivity index (χ4v) is 7.79. The standard InChI is InChI=1S/C29H47F2N5O2/c1-19-12-24-22(8-9-26-25(24)14-32-34-26)28(36(19)17-29(2,31)18-37-3)23-7-6-20(13-27(23)38-4)33-21-15-35(16-21)11-5-10-30/h6-7,13,19,21-22,24-26,28,32-34H,5,8-12,14-18H2,1-4H3/t19-,22?,24?,25?,26?,28+,29?/m1/s1. The average molecular weight is 536 g/mol. The summed E-state index contributed by atoms with van der Waals surface area (Å²) in [5.41, 5.74) is 7.67. The highest BCUT2D eigenvalue weighted by Crippen LogP contribution is 2.53. The molecule has 9 heteroatoms. The zero-order valence-electron chi connectivity index (χ0n) is 23.5. The zero-order chi connectivity index (χ0) is 26.9. The fourth-order valence-electron chi connectivity index (χ4n) is 7.79. The Balaban J connectivity index is 1.40. The van der Waals surface area contributed by atoms with Crippen LogP contribution in [0.15, 0.2) is 18.2 Å². The third-order valence-corrected chi connectivity index (χ3v) is 9.44. The molecule has 1 aliphatic carbocycles. The Bertz CT molecular complexity index is 930.